The van der Waals surface area contributed by atoms with Crippen molar-refractivity contribution in [2.24, 2.45) is 10.9 Å². The molecule has 1 aliphatic carbocycles. The summed E-state index contributed by atoms with van der Waals surface area (Å²) in [6.45, 7) is 6.01. The van der Waals surface area contributed by atoms with Crippen LogP contribution in [0.2, 0.25) is 0 Å². The molecule has 3 N–H and O–H groups in total. The van der Waals surface area contributed by atoms with Crippen LogP contribution in [0.15, 0.2) is 35.6 Å². The SMILES string of the molecule is CCCCP(=O)(O)CC1CCC(c2ccc(C3=Nc4c(N)ncnc4OC3(C)C)cc2)CC1. The maximum atomic E-state index is 12.4. The summed E-state index contributed by atoms with van der Waals surface area (Å²) in [4.78, 5) is 23.2. The van der Waals surface area contributed by atoms with Crippen molar-refractivity contribution in [3.05, 3.63) is 41.7 Å². The molecule has 0 spiro atoms. The smallest absolute Gasteiger partial charge is 0.246 e. The van der Waals surface area contributed by atoms with E-state index in [1.165, 1.54) is 11.9 Å². The van der Waals surface area contributed by atoms with Crippen LogP contribution >= 0.6 is 7.37 Å². The highest BCUT2D eigenvalue weighted by atomic mass is 31.2. The molecule has 0 bridgehead atoms. The summed E-state index contributed by atoms with van der Waals surface area (Å²) in [5.74, 6) is 1.58. The lowest BCUT2D eigenvalue weighted by molar-refractivity contribution is 0.171. The van der Waals surface area contributed by atoms with Gasteiger partial charge in [-0.3, -0.25) is 4.57 Å². The summed E-state index contributed by atoms with van der Waals surface area (Å²) < 4.78 is 18.5. The van der Waals surface area contributed by atoms with E-state index in [0.717, 1.165) is 49.8 Å². The van der Waals surface area contributed by atoms with Gasteiger partial charge in [0.15, 0.2) is 11.5 Å². The van der Waals surface area contributed by atoms with Gasteiger partial charge in [-0.2, -0.15) is 4.98 Å². The number of fused-ring (bicyclic) bond motifs is 1. The van der Waals surface area contributed by atoms with Crippen LogP contribution in [0, 0.1) is 5.92 Å². The average Bonchev–Trinajstić information content (AvgIpc) is 2.77. The van der Waals surface area contributed by atoms with Gasteiger partial charge in [-0.1, -0.05) is 37.6 Å². The van der Waals surface area contributed by atoms with Crippen LogP contribution in [0.5, 0.6) is 5.88 Å². The number of ether oxygens (including phenoxy) is 1. The Morgan fingerprint density at radius 1 is 1.15 bits per heavy atom. The molecule has 1 atom stereocenters. The molecule has 0 radical (unpaired) electrons. The minimum absolute atomic E-state index is 0.309. The van der Waals surface area contributed by atoms with Crippen molar-refractivity contribution in [3.8, 4) is 5.88 Å². The Morgan fingerprint density at radius 2 is 1.85 bits per heavy atom. The molecular formula is C25H35N4O3P. The maximum Gasteiger partial charge on any atom is 0.246 e. The van der Waals surface area contributed by atoms with Crippen molar-refractivity contribution < 1.29 is 14.2 Å². The van der Waals surface area contributed by atoms with Crippen LogP contribution in [0.1, 0.15) is 76.3 Å². The minimum atomic E-state index is -2.97. The molecule has 2 aliphatic rings. The molecule has 1 saturated carbocycles. The Bertz CT molecular complexity index is 1060. The predicted octanol–water partition coefficient (Wildman–Crippen LogP) is 5.69. The van der Waals surface area contributed by atoms with Crippen molar-refractivity contribution in [3.63, 3.8) is 0 Å². The van der Waals surface area contributed by atoms with Gasteiger partial charge >= 0.3 is 0 Å². The van der Waals surface area contributed by atoms with Crippen LogP contribution in [-0.2, 0) is 4.57 Å². The molecule has 7 nitrogen and oxygen atoms in total. The number of rotatable bonds is 7. The molecule has 1 aromatic carbocycles. The van der Waals surface area contributed by atoms with Crippen LogP contribution in [0.3, 0.4) is 0 Å². The topological polar surface area (TPSA) is 111 Å². The molecule has 0 amide bonds. The van der Waals surface area contributed by atoms with E-state index in [1.54, 1.807) is 0 Å². The Balaban J connectivity index is 1.43. The largest absolute Gasteiger partial charge is 0.463 e. The number of benzene rings is 1. The van der Waals surface area contributed by atoms with Gasteiger partial charge in [-0.15, -0.1) is 0 Å². The molecule has 1 unspecified atom stereocenters. The second-order valence-electron chi connectivity index (χ2n) is 9.93. The molecule has 0 saturated heterocycles. The standard InChI is InChI=1S/C25H35N4O3P/c1-4-5-14-33(30,31)15-17-6-8-18(9-7-17)19-10-12-20(13-11-19)22-25(2,3)32-24-21(29-22)23(26)27-16-28-24/h10-13,16-18H,4-9,14-15H2,1-3H3,(H,30,31)(H2,26,27,28). The molecule has 1 aliphatic heterocycles. The molecular weight excluding hydrogens is 435 g/mol. The minimum Gasteiger partial charge on any atom is -0.463 e. The fraction of sp³-hybridized carbons (Fsp3) is 0.560. The first-order valence-electron chi connectivity index (χ1n) is 12.0. The fourth-order valence-corrected chi connectivity index (χ4v) is 7.16. The van der Waals surface area contributed by atoms with E-state index < -0.39 is 13.0 Å². The van der Waals surface area contributed by atoms with Crippen LogP contribution in [-0.4, -0.2) is 38.5 Å². The van der Waals surface area contributed by atoms with Crippen molar-refractivity contribution in [2.45, 2.75) is 70.8 Å². The highest BCUT2D eigenvalue weighted by molar-refractivity contribution is 7.57. The zero-order chi connectivity index (χ0) is 23.6. The van der Waals surface area contributed by atoms with Gasteiger partial charge in [0.2, 0.25) is 13.2 Å². The first-order chi connectivity index (χ1) is 15.7. The number of anilines is 1. The number of hydrogen-bond acceptors (Lipinski definition) is 6. The third kappa shape index (κ3) is 5.47. The first kappa shape index (κ1) is 23.9. The number of nitrogens with zero attached hydrogens (tertiary/aromatic N) is 3. The summed E-state index contributed by atoms with van der Waals surface area (Å²) in [6, 6.07) is 8.56. The normalized spacial score (nSPS) is 23.7. The van der Waals surface area contributed by atoms with Crippen molar-refractivity contribution in [1.29, 1.82) is 0 Å². The Hall–Kier alpha value is -2.24. The van der Waals surface area contributed by atoms with E-state index in [2.05, 4.69) is 41.2 Å². The quantitative estimate of drug-likeness (QED) is 0.503. The summed E-state index contributed by atoms with van der Waals surface area (Å²) in [5, 5.41) is 0. The summed E-state index contributed by atoms with van der Waals surface area (Å²) in [5.41, 5.74) is 8.95. The van der Waals surface area contributed by atoms with Gasteiger partial charge in [0.1, 0.15) is 11.9 Å². The molecule has 1 fully saturated rings. The highest BCUT2D eigenvalue weighted by Crippen LogP contribution is 2.48. The van der Waals surface area contributed by atoms with Crippen LogP contribution in [0.4, 0.5) is 11.5 Å². The van der Waals surface area contributed by atoms with Gasteiger partial charge < -0.3 is 15.4 Å². The zero-order valence-electron chi connectivity index (χ0n) is 19.8. The van der Waals surface area contributed by atoms with Gasteiger partial charge in [0.25, 0.3) is 0 Å². The first-order valence-corrected chi connectivity index (χ1v) is 14.0. The van der Waals surface area contributed by atoms with E-state index in [0.29, 0.717) is 41.5 Å². The molecule has 1 aromatic heterocycles. The second kappa shape index (κ2) is 9.55. The number of aromatic nitrogens is 2. The van der Waals surface area contributed by atoms with E-state index in [-0.39, 0.29) is 0 Å². The Morgan fingerprint density at radius 3 is 2.52 bits per heavy atom. The van der Waals surface area contributed by atoms with Crippen molar-refractivity contribution in [2.75, 3.05) is 18.1 Å². The third-order valence-corrected chi connectivity index (χ3v) is 8.97. The van der Waals surface area contributed by atoms with Crippen LogP contribution < -0.4 is 10.5 Å². The highest BCUT2D eigenvalue weighted by Gasteiger charge is 2.35. The zero-order valence-corrected chi connectivity index (χ0v) is 20.7. The Labute approximate surface area is 196 Å². The monoisotopic (exact) mass is 470 g/mol. The Kier molecular flexibility index (Phi) is 6.92. The lowest BCUT2D eigenvalue weighted by Gasteiger charge is -2.32. The van der Waals surface area contributed by atoms with E-state index >= 15 is 0 Å². The van der Waals surface area contributed by atoms with Gasteiger partial charge in [-0.25, -0.2) is 9.98 Å². The van der Waals surface area contributed by atoms with Gasteiger partial charge in [-0.05, 0) is 63.4 Å². The van der Waals surface area contributed by atoms with Crippen molar-refractivity contribution in [1.82, 2.24) is 9.97 Å². The number of unbranched alkanes of at least 4 members (excludes halogenated alkanes) is 1. The third-order valence-electron chi connectivity index (χ3n) is 6.87. The van der Waals surface area contributed by atoms with Crippen molar-refractivity contribution >= 4 is 24.6 Å². The number of hydrogen-bond donors (Lipinski definition) is 2. The molecule has 178 valence electrons. The molecule has 2 heterocycles. The number of aliphatic imine (C=N–C) groups is 1. The van der Waals surface area contributed by atoms with E-state index in [1.807, 2.05) is 13.8 Å². The lowest BCUT2D eigenvalue weighted by Crippen LogP contribution is -2.41. The summed E-state index contributed by atoms with van der Waals surface area (Å²) >= 11 is 0. The molecule has 33 heavy (non-hydrogen) atoms. The average molecular weight is 471 g/mol. The molecule has 8 heteroatoms. The molecule has 2 aromatic rings. The summed E-state index contributed by atoms with van der Waals surface area (Å²) in [7, 11) is -2.97. The van der Waals surface area contributed by atoms with Crippen LogP contribution in [0.25, 0.3) is 0 Å². The fourth-order valence-electron chi connectivity index (χ4n) is 5.00. The lowest BCUT2D eigenvalue weighted by atomic mass is 9.79. The summed E-state index contributed by atoms with van der Waals surface area (Å²) in [6.07, 6.45) is 8.32. The van der Waals surface area contributed by atoms with Gasteiger partial charge in [0, 0.05) is 17.9 Å². The van der Waals surface area contributed by atoms with E-state index in [9.17, 15) is 9.46 Å². The predicted molar refractivity (Wildman–Crippen MR) is 133 cm³/mol. The number of nitrogens with two attached hydrogens (primary N) is 1. The van der Waals surface area contributed by atoms with Gasteiger partial charge in [0.05, 0.1) is 5.71 Å². The van der Waals surface area contributed by atoms with E-state index in [4.69, 9.17) is 15.5 Å². The maximum absolute atomic E-state index is 12.4. The molecule has 4 rings (SSSR count). The number of nitrogen functional groups attached to an aromatic ring is 1. The second-order valence-corrected chi connectivity index (χ2v) is 12.4.